The molecule has 0 unspecified atom stereocenters. The third-order valence-electron chi connectivity index (χ3n) is 2.31. The summed E-state index contributed by atoms with van der Waals surface area (Å²) in [6, 6.07) is 6.03. The molecule has 78 valence electrons. The van der Waals surface area contributed by atoms with E-state index < -0.39 is 5.97 Å². The van der Waals surface area contributed by atoms with Gasteiger partial charge in [0.25, 0.3) is 0 Å². The number of aromatic carboxylic acids is 1. The summed E-state index contributed by atoms with van der Waals surface area (Å²) in [7, 11) is 0. The maximum Gasteiger partial charge on any atom is 0.347 e. The van der Waals surface area contributed by atoms with E-state index in [4.69, 9.17) is 5.11 Å². The highest BCUT2D eigenvalue weighted by Gasteiger charge is 2.16. The number of benzene rings is 1. The summed E-state index contributed by atoms with van der Waals surface area (Å²) < 4.78 is 1.97. The Morgan fingerprint density at radius 1 is 1.53 bits per heavy atom. The third kappa shape index (κ3) is 1.76. The van der Waals surface area contributed by atoms with Gasteiger partial charge < -0.3 is 5.11 Å². The molecule has 2 rings (SSSR count). The molecule has 0 bridgehead atoms. The highest BCUT2D eigenvalue weighted by Crippen LogP contribution is 2.34. The van der Waals surface area contributed by atoms with Crippen molar-refractivity contribution in [3.05, 3.63) is 32.2 Å². The Kier molecular flexibility index (Phi) is 2.97. The van der Waals surface area contributed by atoms with Gasteiger partial charge in [0.1, 0.15) is 4.88 Å². The van der Waals surface area contributed by atoms with Crippen LogP contribution in [-0.2, 0) is 6.42 Å². The maximum atomic E-state index is 11.0. The molecule has 0 atom stereocenters. The molecule has 2 aromatic rings. The topological polar surface area (TPSA) is 37.3 Å². The first-order valence-electron chi connectivity index (χ1n) is 4.58. The highest BCUT2D eigenvalue weighted by atomic mass is 127. The van der Waals surface area contributed by atoms with Crippen molar-refractivity contribution in [1.82, 2.24) is 0 Å². The monoisotopic (exact) mass is 332 g/mol. The lowest BCUT2D eigenvalue weighted by Crippen LogP contribution is -1.93. The molecular formula is C11H9IO2S. The van der Waals surface area contributed by atoms with Crippen LogP contribution in [0, 0.1) is 3.57 Å². The Bertz CT molecular complexity index is 531. The minimum atomic E-state index is -0.831. The number of rotatable bonds is 2. The van der Waals surface area contributed by atoms with Crippen LogP contribution in [0.25, 0.3) is 10.1 Å². The second-order valence-electron chi connectivity index (χ2n) is 3.20. The number of fused-ring (bicyclic) bond motifs is 1. The fourth-order valence-corrected chi connectivity index (χ4v) is 3.87. The Morgan fingerprint density at radius 2 is 2.27 bits per heavy atom. The molecule has 0 radical (unpaired) electrons. The van der Waals surface area contributed by atoms with E-state index in [0.717, 1.165) is 20.1 Å². The van der Waals surface area contributed by atoms with Gasteiger partial charge in [-0.25, -0.2) is 4.79 Å². The van der Waals surface area contributed by atoms with Gasteiger partial charge in [-0.2, -0.15) is 0 Å². The minimum Gasteiger partial charge on any atom is -0.477 e. The normalized spacial score (nSPS) is 10.8. The second-order valence-corrected chi connectivity index (χ2v) is 5.30. The first-order valence-corrected chi connectivity index (χ1v) is 6.47. The van der Waals surface area contributed by atoms with E-state index in [9.17, 15) is 4.79 Å². The molecule has 1 heterocycles. The molecule has 0 aliphatic carbocycles. The number of carboxylic acid groups (broad SMARTS) is 1. The zero-order chi connectivity index (χ0) is 11.0. The van der Waals surface area contributed by atoms with Gasteiger partial charge in [-0.05, 0) is 34.6 Å². The summed E-state index contributed by atoms with van der Waals surface area (Å²) in [4.78, 5) is 11.4. The average Bonchev–Trinajstić information content (AvgIpc) is 2.56. The van der Waals surface area contributed by atoms with Crippen molar-refractivity contribution in [3.63, 3.8) is 0 Å². The lowest BCUT2D eigenvalue weighted by molar-refractivity contribution is 0.0701. The van der Waals surface area contributed by atoms with Crippen LogP contribution in [-0.4, -0.2) is 11.1 Å². The molecule has 0 spiro atoms. The maximum absolute atomic E-state index is 11.0. The summed E-state index contributed by atoms with van der Waals surface area (Å²) in [5, 5.41) is 10.1. The zero-order valence-corrected chi connectivity index (χ0v) is 11.1. The second kappa shape index (κ2) is 4.09. The van der Waals surface area contributed by atoms with E-state index in [1.165, 1.54) is 16.9 Å². The summed E-state index contributed by atoms with van der Waals surface area (Å²) in [6.07, 6.45) is 0.937. The average molecular weight is 332 g/mol. The zero-order valence-electron chi connectivity index (χ0n) is 8.08. The van der Waals surface area contributed by atoms with Crippen molar-refractivity contribution in [3.8, 4) is 0 Å². The molecule has 15 heavy (non-hydrogen) atoms. The Hall–Kier alpha value is -0.620. The van der Waals surface area contributed by atoms with Gasteiger partial charge in [-0.3, -0.25) is 0 Å². The molecule has 0 saturated carbocycles. The Morgan fingerprint density at radius 3 is 2.87 bits per heavy atom. The first-order chi connectivity index (χ1) is 7.15. The molecule has 2 nitrogen and oxygen atoms in total. The van der Waals surface area contributed by atoms with Crippen LogP contribution >= 0.6 is 33.9 Å². The van der Waals surface area contributed by atoms with E-state index in [0.29, 0.717) is 4.88 Å². The number of carbonyl (C=O) groups is 1. The number of thiophene rings is 1. The smallest absolute Gasteiger partial charge is 0.347 e. The van der Waals surface area contributed by atoms with Crippen molar-refractivity contribution in [2.75, 3.05) is 0 Å². The van der Waals surface area contributed by atoms with E-state index >= 15 is 0 Å². The molecular weight excluding hydrogens is 323 g/mol. The summed E-state index contributed by atoms with van der Waals surface area (Å²) in [6.45, 7) is 2.09. The number of aryl methyl sites for hydroxylation is 1. The number of halogens is 1. The van der Waals surface area contributed by atoms with E-state index in [1.807, 2.05) is 12.1 Å². The fourth-order valence-electron chi connectivity index (χ4n) is 1.56. The summed E-state index contributed by atoms with van der Waals surface area (Å²) >= 11 is 3.49. The van der Waals surface area contributed by atoms with Crippen molar-refractivity contribution in [1.29, 1.82) is 0 Å². The number of hydrogen-bond donors (Lipinski definition) is 1. The lowest BCUT2D eigenvalue weighted by atomic mass is 10.1. The quantitative estimate of drug-likeness (QED) is 0.850. The van der Waals surface area contributed by atoms with Crippen LogP contribution in [0.1, 0.15) is 22.2 Å². The SMILES string of the molecule is CCc1cccc2c(I)c(C(=O)O)sc12. The summed E-state index contributed by atoms with van der Waals surface area (Å²) in [5.41, 5.74) is 1.22. The van der Waals surface area contributed by atoms with Gasteiger partial charge in [-0.15, -0.1) is 11.3 Å². The predicted molar refractivity (Wildman–Crippen MR) is 70.9 cm³/mol. The molecule has 0 aliphatic heterocycles. The van der Waals surface area contributed by atoms with Crippen LogP contribution in [0.15, 0.2) is 18.2 Å². The minimum absolute atomic E-state index is 0.450. The van der Waals surface area contributed by atoms with Crippen LogP contribution in [0.2, 0.25) is 0 Å². The van der Waals surface area contributed by atoms with Crippen LogP contribution in [0.4, 0.5) is 0 Å². The van der Waals surface area contributed by atoms with Gasteiger partial charge in [0, 0.05) is 13.7 Å². The fraction of sp³-hybridized carbons (Fsp3) is 0.182. The number of carboxylic acids is 1. The summed E-state index contributed by atoms with van der Waals surface area (Å²) in [5.74, 6) is -0.831. The largest absolute Gasteiger partial charge is 0.477 e. The molecule has 0 saturated heterocycles. The molecule has 0 aliphatic rings. The van der Waals surface area contributed by atoms with Gasteiger partial charge in [0.15, 0.2) is 0 Å². The number of hydrogen-bond acceptors (Lipinski definition) is 2. The lowest BCUT2D eigenvalue weighted by Gasteiger charge is -1.97. The standard InChI is InChI=1S/C11H9IO2S/c1-2-6-4-3-5-7-8(12)10(11(13)14)15-9(6)7/h3-5H,2H2,1H3,(H,13,14). The van der Waals surface area contributed by atoms with E-state index in [1.54, 1.807) is 0 Å². The van der Waals surface area contributed by atoms with Gasteiger partial charge in [0.05, 0.1) is 0 Å². The van der Waals surface area contributed by atoms with Gasteiger partial charge in [-0.1, -0.05) is 25.1 Å². The third-order valence-corrected chi connectivity index (χ3v) is 5.07. The molecule has 1 N–H and O–H groups in total. The molecule has 0 fully saturated rings. The first kappa shape index (κ1) is 10.9. The van der Waals surface area contributed by atoms with Crippen molar-refractivity contribution in [2.45, 2.75) is 13.3 Å². The van der Waals surface area contributed by atoms with Crippen LogP contribution < -0.4 is 0 Å². The van der Waals surface area contributed by atoms with Crippen molar-refractivity contribution in [2.24, 2.45) is 0 Å². The highest BCUT2D eigenvalue weighted by molar-refractivity contribution is 14.1. The van der Waals surface area contributed by atoms with Gasteiger partial charge >= 0.3 is 5.97 Å². The van der Waals surface area contributed by atoms with Crippen molar-refractivity contribution < 1.29 is 9.90 Å². The molecule has 4 heteroatoms. The Labute approximate surface area is 105 Å². The van der Waals surface area contributed by atoms with Gasteiger partial charge in [0.2, 0.25) is 0 Å². The van der Waals surface area contributed by atoms with E-state index in [-0.39, 0.29) is 0 Å². The van der Waals surface area contributed by atoms with E-state index in [2.05, 4.69) is 35.6 Å². The molecule has 1 aromatic carbocycles. The molecule has 1 aromatic heterocycles. The van der Waals surface area contributed by atoms with Crippen molar-refractivity contribution >= 4 is 50.0 Å². The Balaban J connectivity index is 2.81. The predicted octanol–water partition coefficient (Wildman–Crippen LogP) is 3.77. The van der Waals surface area contributed by atoms with Crippen LogP contribution in [0.5, 0.6) is 0 Å². The van der Waals surface area contributed by atoms with Crippen LogP contribution in [0.3, 0.4) is 0 Å². The molecule has 0 amide bonds.